The summed E-state index contributed by atoms with van der Waals surface area (Å²) in [6.07, 6.45) is 6.96. The van der Waals surface area contributed by atoms with Crippen LogP contribution in [0.15, 0.2) is 12.2 Å². The predicted octanol–water partition coefficient (Wildman–Crippen LogP) is 1.62. The fourth-order valence-corrected chi connectivity index (χ4v) is 4.47. The quantitative estimate of drug-likeness (QED) is 0.601. The first kappa shape index (κ1) is 12.6. The summed E-state index contributed by atoms with van der Waals surface area (Å²) in [5.74, 6) is -0.848. The third kappa shape index (κ3) is 1.20. The van der Waals surface area contributed by atoms with Crippen LogP contribution in [0.25, 0.3) is 0 Å². The molecule has 2 bridgehead atoms. The molecule has 4 heteroatoms. The van der Waals surface area contributed by atoms with Gasteiger partial charge in [-0.3, -0.25) is 0 Å². The van der Waals surface area contributed by atoms with E-state index in [4.69, 9.17) is 14.2 Å². The molecule has 2 aliphatic heterocycles. The number of fused-ring (bicyclic) bond motifs is 1. The predicted molar refractivity (Wildman–Crippen MR) is 66.1 cm³/mol. The summed E-state index contributed by atoms with van der Waals surface area (Å²) in [5, 5.41) is 10.6. The third-order valence-electron chi connectivity index (χ3n) is 5.27. The maximum atomic E-state index is 10.6. The zero-order chi connectivity index (χ0) is 13.0. The molecule has 3 aliphatic rings. The molecule has 102 valence electrons. The summed E-state index contributed by atoms with van der Waals surface area (Å²) >= 11 is 0. The van der Waals surface area contributed by atoms with Crippen LogP contribution in [0.5, 0.6) is 0 Å². The fourth-order valence-electron chi connectivity index (χ4n) is 4.47. The number of hydrogen-bond acceptors (Lipinski definition) is 4. The molecule has 1 spiro atoms. The Kier molecular flexibility index (Phi) is 2.66. The molecule has 4 atom stereocenters. The fraction of sp³-hybridized carbons (Fsp3) is 0.857. The van der Waals surface area contributed by atoms with Gasteiger partial charge >= 0.3 is 0 Å². The van der Waals surface area contributed by atoms with Gasteiger partial charge in [0, 0.05) is 26.1 Å². The summed E-state index contributed by atoms with van der Waals surface area (Å²) < 4.78 is 17.6. The summed E-state index contributed by atoms with van der Waals surface area (Å²) in [6, 6.07) is 0. The average Bonchev–Trinajstić information content (AvgIpc) is 2.63. The Morgan fingerprint density at radius 3 is 2.61 bits per heavy atom. The van der Waals surface area contributed by atoms with Crippen molar-refractivity contribution in [2.45, 2.75) is 56.2 Å². The Hall–Kier alpha value is -0.420. The van der Waals surface area contributed by atoms with Gasteiger partial charge in [0.2, 0.25) is 5.79 Å². The minimum absolute atomic E-state index is 0.0705. The molecule has 2 fully saturated rings. The lowest BCUT2D eigenvalue weighted by atomic mass is 9.59. The summed E-state index contributed by atoms with van der Waals surface area (Å²) in [7, 11) is 3.29. The number of aliphatic hydroxyl groups excluding tert-OH is 1. The van der Waals surface area contributed by atoms with Gasteiger partial charge in [-0.1, -0.05) is 19.1 Å². The zero-order valence-electron chi connectivity index (χ0n) is 11.3. The molecule has 2 heterocycles. The summed E-state index contributed by atoms with van der Waals surface area (Å²) in [4.78, 5) is 0. The molecule has 0 aromatic carbocycles. The number of rotatable bonds is 2. The number of ether oxygens (including phenoxy) is 3. The van der Waals surface area contributed by atoms with Crippen LogP contribution in [0.1, 0.15) is 32.6 Å². The van der Waals surface area contributed by atoms with Crippen LogP contribution in [0.2, 0.25) is 0 Å². The van der Waals surface area contributed by atoms with Crippen LogP contribution in [0.3, 0.4) is 0 Å². The second kappa shape index (κ2) is 3.79. The highest BCUT2D eigenvalue weighted by molar-refractivity contribution is 5.26. The smallest absolute Gasteiger partial charge is 0.200 e. The molecule has 0 aromatic rings. The topological polar surface area (TPSA) is 47.9 Å². The lowest BCUT2D eigenvalue weighted by molar-refractivity contribution is -0.362. The highest BCUT2D eigenvalue weighted by Gasteiger charge is 2.73. The first-order valence-electron chi connectivity index (χ1n) is 6.68. The van der Waals surface area contributed by atoms with Gasteiger partial charge in [0.05, 0.1) is 6.10 Å². The van der Waals surface area contributed by atoms with Crippen molar-refractivity contribution in [3.63, 3.8) is 0 Å². The van der Waals surface area contributed by atoms with Gasteiger partial charge in [-0.2, -0.15) is 0 Å². The highest BCUT2D eigenvalue weighted by Crippen LogP contribution is 2.63. The normalized spacial score (nSPS) is 49.1. The first-order chi connectivity index (χ1) is 8.53. The second-order valence-electron chi connectivity index (χ2n) is 6.00. The monoisotopic (exact) mass is 254 g/mol. The van der Waals surface area contributed by atoms with Gasteiger partial charge in [0.25, 0.3) is 0 Å². The third-order valence-corrected chi connectivity index (χ3v) is 5.27. The molecule has 0 aromatic heterocycles. The van der Waals surface area contributed by atoms with E-state index < -0.39 is 17.5 Å². The number of methoxy groups -OCH3 is 2. The molecule has 3 rings (SSSR count). The van der Waals surface area contributed by atoms with E-state index in [9.17, 15) is 5.11 Å². The minimum atomic E-state index is -0.848. The van der Waals surface area contributed by atoms with Gasteiger partial charge in [-0.15, -0.1) is 0 Å². The largest absolute Gasteiger partial charge is 0.386 e. The molecular formula is C14H22O4. The molecular weight excluding hydrogens is 232 g/mol. The van der Waals surface area contributed by atoms with E-state index in [1.165, 1.54) is 0 Å². The molecule has 1 aliphatic carbocycles. The standard InChI is InChI=1S/C14H22O4/c1-12-7-4-8-13(16-2,17-3)14(12)11(15)6-5-10(9-12)18-14/h5-6,10-11,15H,4,7-9H2,1-3H3/t10-,11-,12-,14+/m0/s1. The highest BCUT2D eigenvalue weighted by atomic mass is 16.7. The van der Waals surface area contributed by atoms with Crippen molar-refractivity contribution in [3.8, 4) is 0 Å². The van der Waals surface area contributed by atoms with Crippen LogP contribution in [0, 0.1) is 5.41 Å². The van der Waals surface area contributed by atoms with E-state index >= 15 is 0 Å². The van der Waals surface area contributed by atoms with Crippen molar-refractivity contribution in [3.05, 3.63) is 12.2 Å². The number of aliphatic hydroxyl groups is 1. The Labute approximate surface area is 108 Å². The Balaban J connectivity index is 2.17. The van der Waals surface area contributed by atoms with E-state index in [2.05, 4.69) is 6.92 Å². The second-order valence-corrected chi connectivity index (χ2v) is 6.00. The maximum absolute atomic E-state index is 10.6. The lowest BCUT2D eigenvalue weighted by Crippen LogP contribution is -2.71. The zero-order valence-corrected chi connectivity index (χ0v) is 11.3. The van der Waals surface area contributed by atoms with Crippen molar-refractivity contribution in [1.29, 1.82) is 0 Å². The van der Waals surface area contributed by atoms with Gasteiger partial charge in [0.1, 0.15) is 6.10 Å². The minimum Gasteiger partial charge on any atom is -0.386 e. The Bertz CT molecular complexity index is 376. The average molecular weight is 254 g/mol. The van der Waals surface area contributed by atoms with Crippen molar-refractivity contribution in [2.24, 2.45) is 5.41 Å². The van der Waals surface area contributed by atoms with Crippen LogP contribution in [0.4, 0.5) is 0 Å². The summed E-state index contributed by atoms with van der Waals surface area (Å²) in [5.41, 5.74) is -0.883. The molecule has 1 saturated carbocycles. The van der Waals surface area contributed by atoms with Gasteiger partial charge in [-0.25, -0.2) is 0 Å². The van der Waals surface area contributed by atoms with Gasteiger partial charge in [-0.05, 0) is 19.3 Å². The van der Waals surface area contributed by atoms with Crippen LogP contribution in [-0.2, 0) is 14.2 Å². The molecule has 4 nitrogen and oxygen atoms in total. The van der Waals surface area contributed by atoms with Crippen molar-refractivity contribution in [2.75, 3.05) is 14.2 Å². The molecule has 1 N–H and O–H groups in total. The van der Waals surface area contributed by atoms with E-state index in [0.29, 0.717) is 0 Å². The Morgan fingerprint density at radius 2 is 1.94 bits per heavy atom. The first-order valence-corrected chi connectivity index (χ1v) is 6.68. The van der Waals surface area contributed by atoms with Crippen molar-refractivity contribution in [1.82, 2.24) is 0 Å². The Morgan fingerprint density at radius 1 is 1.22 bits per heavy atom. The van der Waals surface area contributed by atoms with E-state index in [1.54, 1.807) is 14.2 Å². The van der Waals surface area contributed by atoms with E-state index in [-0.39, 0.29) is 11.5 Å². The molecule has 0 amide bonds. The molecule has 0 unspecified atom stereocenters. The summed E-state index contributed by atoms with van der Waals surface area (Å²) in [6.45, 7) is 2.19. The SMILES string of the molecule is COC1(OC)CCC[C@@]2(C)C[C@@H]3C=C[C@H](O)[C@]12O3. The molecule has 0 radical (unpaired) electrons. The number of hydrogen-bond donors (Lipinski definition) is 1. The van der Waals surface area contributed by atoms with Crippen molar-refractivity contribution < 1.29 is 19.3 Å². The van der Waals surface area contributed by atoms with Crippen LogP contribution >= 0.6 is 0 Å². The molecule has 18 heavy (non-hydrogen) atoms. The van der Waals surface area contributed by atoms with E-state index in [0.717, 1.165) is 25.7 Å². The van der Waals surface area contributed by atoms with Crippen LogP contribution in [-0.4, -0.2) is 42.9 Å². The molecule has 1 saturated heterocycles. The van der Waals surface area contributed by atoms with Crippen LogP contribution < -0.4 is 0 Å². The van der Waals surface area contributed by atoms with Gasteiger partial charge < -0.3 is 19.3 Å². The lowest BCUT2D eigenvalue weighted by Gasteiger charge is -2.58. The van der Waals surface area contributed by atoms with E-state index in [1.807, 2.05) is 12.2 Å². The maximum Gasteiger partial charge on any atom is 0.200 e. The van der Waals surface area contributed by atoms with Crippen molar-refractivity contribution >= 4 is 0 Å². The van der Waals surface area contributed by atoms with Gasteiger partial charge in [0.15, 0.2) is 5.60 Å².